The second-order valence-corrected chi connectivity index (χ2v) is 3.89. The molecule has 0 aliphatic carbocycles. The van der Waals surface area contributed by atoms with E-state index in [0.29, 0.717) is 17.0 Å². The van der Waals surface area contributed by atoms with Crippen LogP contribution < -0.4 is 10.5 Å². The molecule has 0 saturated heterocycles. The van der Waals surface area contributed by atoms with Gasteiger partial charge in [0.15, 0.2) is 0 Å². The Bertz CT molecular complexity index is 570. The minimum atomic E-state index is -0.471. The minimum absolute atomic E-state index is 0.180. The van der Waals surface area contributed by atoms with Gasteiger partial charge in [-0.2, -0.15) is 0 Å². The monoisotopic (exact) mass is 258 g/mol. The first-order valence-corrected chi connectivity index (χ1v) is 5.70. The van der Waals surface area contributed by atoms with Gasteiger partial charge in [-0.15, -0.1) is 0 Å². The summed E-state index contributed by atoms with van der Waals surface area (Å²) in [5.41, 5.74) is 7.32. The molecular formula is C14H14N2O3. The summed E-state index contributed by atoms with van der Waals surface area (Å²) in [6.07, 6.45) is 3.29. The number of carbonyl (C=O) groups excluding carboxylic acids is 1. The first kappa shape index (κ1) is 12.9. The van der Waals surface area contributed by atoms with Crippen molar-refractivity contribution in [2.75, 3.05) is 12.8 Å². The van der Waals surface area contributed by atoms with Crippen LogP contribution in [0.25, 0.3) is 0 Å². The third-order valence-electron chi connectivity index (χ3n) is 2.56. The molecule has 2 N–H and O–H groups in total. The Kier molecular flexibility index (Phi) is 3.97. The predicted octanol–water partition coefficient (Wildman–Crippen LogP) is 2.03. The molecule has 1 heterocycles. The Balaban J connectivity index is 2.10. The molecule has 0 fully saturated rings. The summed E-state index contributed by atoms with van der Waals surface area (Å²) >= 11 is 0. The van der Waals surface area contributed by atoms with E-state index in [1.165, 1.54) is 13.2 Å². The molecule has 1 aromatic carbocycles. The van der Waals surface area contributed by atoms with E-state index in [4.69, 9.17) is 15.2 Å². The Morgan fingerprint density at radius 1 is 1.26 bits per heavy atom. The number of methoxy groups -OCH3 is 1. The van der Waals surface area contributed by atoms with Crippen LogP contribution in [0.1, 0.15) is 15.9 Å². The van der Waals surface area contributed by atoms with Gasteiger partial charge in [0.05, 0.1) is 7.11 Å². The molecular weight excluding hydrogens is 244 g/mol. The number of esters is 1. The van der Waals surface area contributed by atoms with Gasteiger partial charge in [-0.1, -0.05) is 0 Å². The van der Waals surface area contributed by atoms with E-state index in [-0.39, 0.29) is 6.61 Å². The third-order valence-corrected chi connectivity index (χ3v) is 2.56. The summed E-state index contributed by atoms with van der Waals surface area (Å²) in [6, 6.07) is 8.40. The molecule has 2 aromatic rings. The number of nitrogen functional groups attached to an aromatic ring is 1. The molecule has 0 amide bonds. The van der Waals surface area contributed by atoms with E-state index < -0.39 is 5.97 Å². The van der Waals surface area contributed by atoms with Crippen molar-refractivity contribution in [2.45, 2.75) is 6.61 Å². The van der Waals surface area contributed by atoms with Gasteiger partial charge in [0.2, 0.25) is 0 Å². The van der Waals surface area contributed by atoms with E-state index in [2.05, 4.69) is 4.98 Å². The molecule has 98 valence electrons. The van der Waals surface area contributed by atoms with Crippen molar-refractivity contribution in [1.29, 1.82) is 0 Å². The lowest BCUT2D eigenvalue weighted by molar-refractivity contribution is 0.0469. The Hall–Kier alpha value is -2.56. The molecule has 0 unspecified atom stereocenters. The van der Waals surface area contributed by atoms with Crippen LogP contribution in [0, 0.1) is 0 Å². The minimum Gasteiger partial charge on any atom is -0.496 e. The predicted molar refractivity (Wildman–Crippen MR) is 70.8 cm³/mol. The highest BCUT2D eigenvalue weighted by Crippen LogP contribution is 2.22. The molecule has 19 heavy (non-hydrogen) atoms. The molecule has 0 saturated carbocycles. The van der Waals surface area contributed by atoms with Crippen LogP contribution in [-0.2, 0) is 11.3 Å². The number of pyridine rings is 1. The molecule has 5 heteroatoms. The van der Waals surface area contributed by atoms with Crippen LogP contribution in [0.3, 0.4) is 0 Å². The third kappa shape index (κ3) is 3.22. The number of anilines is 1. The van der Waals surface area contributed by atoms with Gasteiger partial charge in [-0.05, 0) is 35.9 Å². The number of benzene rings is 1. The van der Waals surface area contributed by atoms with Crippen molar-refractivity contribution in [2.24, 2.45) is 0 Å². The van der Waals surface area contributed by atoms with Crippen LogP contribution in [0.15, 0.2) is 42.7 Å². The number of rotatable bonds is 4. The average Bonchev–Trinajstić information content (AvgIpc) is 2.46. The highest BCUT2D eigenvalue weighted by Gasteiger charge is 2.14. The van der Waals surface area contributed by atoms with Gasteiger partial charge in [0, 0.05) is 18.1 Å². The first-order chi connectivity index (χ1) is 9.20. The van der Waals surface area contributed by atoms with Crippen molar-refractivity contribution in [3.63, 3.8) is 0 Å². The molecule has 5 nitrogen and oxygen atoms in total. The van der Waals surface area contributed by atoms with E-state index in [9.17, 15) is 4.79 Å². The zero-order chi connectivity index (χ0) is 13.7. The quantitative estimate of drug-likeness (QED) is 0.671. The molecule has 1 aromatic heterocycles. The molecule has 0 aliphatic heterocycles. The maximum atomic E-state index is 12.0. The zero-order valence-corrected chi connectivity index (χ0v) is 10.5. The lowest BCUT2D eigenvalue weighted by Gasteiger charge is -2.09. The number of hydrogen-bond acceptors (Lipinski definition) is 5. The number of hydrogen-bond donors (Lipinski definition) is 1. The molecule has 0 spiro atoms. The average molecular weight is 258 g/mol. The Morgan fingerprint density at radius 3 is 2.68 bits per heavy atom. The zero-order valence-electron chi connectivity index (χ0n) is 10.5. The van der Waals surface area contributed by atoms with Gasteiger partial charge in [-0.3, -0.25) is 4.98 Å². The van der Waals surface area contributed by atoms with Gasteiger partial charge in [0.1, 0.15) is 17.9 Å². The lowest BCUT2D eigenvalue weighted by Crippen LogP contribution is -2.08. The molecule has 0 bridgehead atoms. The van der Waals surface area contributed by atoms with Crippen LogP contribution in [0.4, 0.5) is 5.69 Å². The Morgan fingerprint density at radius 2 is 2.00 bits per heavy atom. The smallest absolute Gasteiger partial charge is 0.342 e. The number of ether oxygens (including phenoxy) is 2. The van der Waals surface area contributed by atoms with Crippen molar-refractivity contribution < 1.29 is 14.3 Å². The van der Waals surface area contributed by atoms with E-state index >= 15 is 0 Å². The number of aromatic nitrogens is 1. The molecule has 2 rings (SSSR count). The lowest BCUT2D eigenvalue weighted by atomic mass is 10.2. The van der Waals surface area contributed by atoms with Crippen molar-refractivity contribution in [3.05, 3.63) is 53.9 Å². The van der Waals surface area contributed by atoms with Crippen LogP contribution >= 0.6 is 0 Å². The highest BCUT2D eigenvalue weighted by atomic mass is 16.5. The van der Waals surface area contributed by atoms with E-state index in [0.717, 1.165) is 5.56 Å². The largest absolute Gasteiger partial charge is 0.496 e. The second kappa shape index (κ2) is 5.86. The standard InChI is InChI=1S/C14H14N2O3/c1-18-13-3-2-11(15)8-12(13)14(17)19-9-10-4-6-16-7-5-10/h2-8H,9,15H2,1H3. The van der Waals surface area contributed by atoms with Crippen LogP contribution in [0.5, 0.6) is 5.75 Å². The Labute approximate surface area is 111 Å². The van der Waals surface area contributed by atoms with Gasteiger partial charge < -0.3 is 15.2 Å². The summed E-state index contributed by atoms with van der Waals surface area (Å²) < 4.78 is 10.3. The summed E-state index contributed by atoms with van der Waals surface area (Å²) in [7, 11) is 1.49. The summed E-state index contributed by atoms with van der Waals surface area (Å²) in [5, 5.41) is 0. The van der Waals surface area contributed by atoms with Crippen molar-refractivity contribution in [3.8, 4) is 5.75 Å². The highest BCUT2D eigenvalue weighted by molar-refractivity contribution is 5.93. The summed E-state index contributed by atoms with van der Waals surface area (Å²) in [4.78, 5) is 15.9. The summed E-state index contributed by atoms with van der Waals surface area (Å²) in [6.45, 7) is 0.180. The SMILES string of the molecule is COc1ccc(N)cc1C(=O)OCc1ccncc1. The molecule has 0 aliphatic rings. The maximum absolute atomic E-state index is 12.0. The second-order valence-electron chi connectivity index (χ2n) is 3.89. The fourth-order valence-electron chi connectivity index (χ4n) is 1.59. The van der Waals surface area contributed by atoms with Gasteiger partial charge >= 0.3 is 5.97 Å². The van der Waals surface area contributed by atoms with Crippen LogP contribution in [-0.4, -0.2) is 18.1 Å². The van der Waals surface area contributed by atoms with Gasteiger partial charge in [0.25, 0.3) is 0 Å². The van der Waals surface area contributed by atoms with Gasteiger partial charge in [-0.25, -0.2) is 4.79 Å². The summed E-state index contributed by atoms with van der Waals surface area (Å²) in [5.74, 6) is -0.0325. The normalized spacial score (nSPS) is 9.95. The number of nitrogens with two attached hydrogens (primary N) is 1. The number of nitrogens with zero attached hydrogens (tertiary/aromatic N) is 1. The molecule has 0 atom stereocenters. The number of carbonyl (C=O) groups is 1. The fourth-order valence-corrected chi connectivity index (χ4v) is 1.59. The van der Waals surface area contributed by atoms with Crippen molar-refractivity contribution in [1.82, 2.24) is 4.98 Å². The van der Waals surface area contributed by atoms with Crippen molar-refractivity contribution >= 4 is 11.7 Å². The fraction of sp³-hybridized carbons (Fsp3) is 0.143. The maximum Gasteiger partial charge on any atom is 0.342 e. The van der Waals surface area contributed by atoms with E-state index in [1.54, 1.807) is 36.7 Å². The molecule has 0 radical (unpaired) electrons. The van der Waals surface area contributed by atoms with Crippen LogP contribution in [0.2, 0.25) is 0 Å². The van der Waals surface area contributed by atoms with E-state index in [1.807, 2.05) is 0 Å². The first-order valence-electron chi connectivity index (χ1n) is 5.70. The topological polar surface area (TPSA) is 74.4 Å².